The number of fused-ring (bicyclic) bond motifs is 4. The summed E-state index contributed by atoms with van der Waals surface area (Å²) in [7, 11) is 0. The molecule has 20 rings (SSSR count). The number of halogens is 5. The number of piperidine rings is 4. The summed E-state index contributed by atoms with van der Waals surface area (Å²) in [6.07, 6.45) is 33.2. The lowest BCUT2D eigenvalue weighted by Gasteiger charge is -2.33. The molecule has 6 fully saturated rings. The molecule has 4 aliphatic heterocycles. The van der Waals surface area contributed by atoms with Crippen LogP contribution in [-0.4, -0.2) is 123 Å². The van der Waals surface area contributed by atoms with Gasteiger partial charge >= 0.3 is 0 Å². The Morgan fingerprint density at radius 1 is 0.255 bits per heavy atom. The Labute approximate surface area is 842 Å². The summed E-state index contributed by atoms with van der Waals surface area (Å²) in [5, 5.41) is 4.01. The maximum atomic E-state index is 6.39. The number of rotatable bonds is 27. The molecule has 0 bridgehead atoms. The zero-order valence-corrected chi connectivity index (χ0v) is 87.0. The molecule has 4 aromatic heterocycles. The largest absolute Gasteiger partial charge is 0.323 e. The van der Waals surface area contributed by atoms with Crippen molar-refractivity contribution in [2.24, 2.45) is 35.5 Å². The number of nitrogens with zero attached hydrogens (tertiary/aromatic N) is 12. The van der Waals surface area contributed by atoms with Crippen molar-refractivity contribution in [3.8, 4) is 0 Å². The van der Waals surface area contributed by atoms with Gasteiger partial charge in [-0.25, -0.2) is 19.9 Å². The second-order valence-electron chi connectivity index (χ2n) is 42.0. The number of likely N-dealkylation sites (tertiary alicyclic amines) is 4. The van der Waals surface area contributed by atoms with Crippen LogP contribution in [0.25, 0.3) is 44.1 Å². The van der Waals surface area contributed by atoms with E-state index in [1.54, 1.807) is 0 Å². The van der Waals surface area contributed by atoms with Gasteiger partial charge in [0.05, 0.1) is 44.1 Å². The lowest BCUT2D eigenvalue weighted by atomic mass is 9.86. The zero-order valence-electron chi connectivity index (χ0n) is 83.2. The minimum Gasteiger partial charge on any atom is -0.323 e. The van der Waals surface area contributed by atoms with E-state index >= 15 is 0 Å². The quantitative estimate of drug-likeness (QED) is 0.0504. The normalized spacial score (nSPS) is 16.9. The molecular weight excluding hydrogens is 1790 g/mol. The molecule has 0 atom stereocenters. The predicted molar refractivity (Wildman–Crippen MR) is 578 cm³/mol. The van der Waals surface area contributed by atoms with Crippen LogP contribution in [0.4, 0.5) is 0 Å². The van der Waals surface area contributed by atoms with Gasteiger partial charge < -0.3 is 28.1 Å². The molecule has 17 heteroatoms. The first-order valence-electron chi connectivity index (χ1n) is 52.0. The number of imidazole rings is 4. The molecule has 0 amide bonds. The van der Waals surface area contributed by atoms with E-state index in [4.69, 9.17) is 77.9 Å². The van der Waals surface area contributed by atoms with Gasteiger partial charge in [-0.3, -0.25) is 9.80 Å². The third-order valence-corrected chi connectivity index (χ3v) is 33.1. The van der Waals surface area contributed by atoms with Gasteiger partial charge in [0.2, 0.25) is 0 Å². The van der Waals surface area contributed by atoms with Gasteiger partial charge in [-0.1, -0.05) is 219 Å². The maximum Gasteiger partial charge on any atom is 0.110 e. The Balaban J connectivity index is 0.000000127. The molecule has 137 heavy (non-hydrogen) atoms. The van der Waals surface area contributed by atoms with Gasteiger partial charge in [-0.15, -0.1) is 0 Å². The number of hydrogen-bond acceptors (Lipinski definition) is 8. The average molecular weight is 1930 g/mol. The Morgan fingerprint density at radius 3 is 0.883 bits per heavy atom. The molecule has 2 saturated carbocycles. The highest BCUT2D eigenvalue weighted by Crippen LogP contribution is 2.37. The number of aryl methyl sites for hydroxylation is 9. The fourth-order valence-corrected chi connectivity index (χ4v) is 23.3. The first kappa shape index (κ1) is 99.9. The predicted octanol–water partition coefficient (Wildman–Crippen LogP) is 30.1. The molecule has 6 aliphatic rings. The van der Waals surface area contributed by atoms with Crippen LogP contribution in [0, 0.1) is 97.8 Å². The molecule has 0 N–H and O–H groups in total. The fourth-order valence-electron chi connectivity index (χ4n) is 22.6. The van der Waals surface area contributed by atoms with Crippen LogP contribution in [0.2, 0.25) is 25.1 Å². The van der Waals surface area contributed by atoms with Crippen LogP contribution < -0.4 is 0 Å². The zero-order chi connectivity index (χ0) is 95.0. The van der Waals surface area contributed by atoms with E-state index in [2.05, 4.69) is 234 Å². The summed E-state index contributed by atoms with van der Waals surface area (Å²) >= 11 is 30.9. The average Bonchev–Trinajstić information content (AvgIpc) is 1.65. The third-order valence-electron chi connectivity index (χ3n) is 31.7. The summed E-state index contributed by atoms with van der Waals surface area (Å²) in [4.78, 5) is 31.2. The summed E-state index contributed by atoms with van der Waals surface area (Å²) in [6.45, 7) is 37.2. The molecule has 8 heterocycles. The molecule has 10 aromatic carbocycles. The van der Waals surface area contributed by atoms with Crippen LogP contribution in [0.5, 0.6) is 0 Å². The molecule has 4 saturated heterocycles. The minimum absolute atomic E-state index is 0.644. The maximum absolute atomic E-state index is 6.39. The van der Waals surface area contributed by atoms with Crippen LogP contribution in [0.1, 0.15) is 242 Å². The second-order valence-corrected chi connectivity index (χ2v) is 44.2. The molecular formula is C120H147Cl5N12. The van der Waals surface area contributed by atoms with Crippen molar-refractivity contribution in [3.05, 3.63) is 326 Å². The molecule has 14 aromatic rings. The van der Waals surface area contributed by atoms with Crippen molar-refractivity contribution in [1.82, 2.24) is 57.8 Å². The monoisotopic (exact) mass is 1930 g/mol. The van der Waals surface area contributed by atoms with Gasteiger partial charge in [0.1, 0.15) is 23.3 Å². The molecule has 0 spiro atoms. The summed E-state index contributed by atoms with van der Waals surface area (Å²) in [6, 6.07) is 68.3. The van der Waals surface area contributed by atoms with Crippen molar-refractivity contribution in [2.75, 3.05) is 65.4 Å². The van der Waals surface area contributed by atoms with Gasteiger partial charge in [-0.2, -0.15) is 0 Å². The summed E-state index contributed by atoms with van der Waals surface area (Å²) in [5.41, 5.74) is 29.1. The van der Waals surface area contributed by atoms with Crippen molar-refractivity contribution in [2.45, 2.75) is 262 Å². The van der Waals surface area contributed by atoms with Crippen molar-refractivity contribution >= 4 is 102 Å². The van der Waals surface area contributed by atoms with Crippen molar-refractivity contribution in [1.29, 1.82) is 0 Å². The van der Waals surface area contributed by atoms with Crippen molar-refractivity contribution in [3.63, 3.8) is 0 Å². The van der Waals surface area contributed by atoms with Gasteiger partial charge in [-0.05, 0) is 415 Å². The van der Waals surface area contributed by atoms with Crippen LogP contribution >= 0.6 is 58.0 Å². The van der Waals surface area contributed by atoms with E-state index in [1.807, 2.05) is 60.7 Å². The lowest BCUT2D eigenvalue weighted by Crippen LogP contribution is -2.36. The Hall–Kier alpha value is -8.63. The molecule has 0 radical (unpaired) electrons. The van der Waals surface area contributed by atoms with E-state index in [1.165, 1.54) is 303 Å². The third kappa shape index (κ3) is 27.2. The first-order valence-corrected chi connectivity index (χ1v) is 53.9. The Morgan fingerprint density at radius 2 is 0.555 bits per heavy atom. The van der Waals surface area contributed by atoms with E-state index in [0.717, 1.165) is 162 Å². The first-order chi connectivity index (χ1) is 66.5. The highest BCUT2D eigenvalue weighted by Gasteiger charge is 2.30. The smallest absolute Gasteiger partial charge is 0.110 e. The number of benzene rings is 10. The van der Waals surface area contributed by atoms with E-state index in [0.29, 0.717) is 11.8 Å². The molecule has 2 aliphatic carbocycles. The van der Waals surface area contributed by atoms with Gasteiger partial charge in [0.25, 0.3) is 0 Å². The highest BCUT2D eigenvalue weighted by molar-refractivity contribution is 6.32. The Bertz CT molecular complexity index is 6280. The van der Waals surface area contributed by atoms with Crippen LogP contribution in [0.3, 0.4) is 0 Å². The van der Waals surface area contributed by atoms with Crippen LogP contribution in [0.15, 0.2) is 194 Å². The molecule has 12 nitrogen and oxygen atoms in total. The fraction of sp³-hybridized carbons (Fsp3) is 0.467. The van der Waals surface area contributed by atoms with Gasteiger partial charge in [0.15, 0.2) is 0 Å². The lowest BCUT2D eigenvalue weighted by molar-refractivity contribution is 0.166. The SMILES string of the molecule is Cc1cc2nc(CC3CCN(CCC4CCCCC4)CC3)n(Cc3ccc(Cl)cc3)c2cc1C.Cc1cc2nc(CC3CCN(CCCC4CCCCC4)CC3)n(Cc3ccc(Cl)cc3)c2cc1C.Cc1cc2nc(CC3CCN(Cc4ccccc4Cl)CC3)n(Cc3ccc(Cl)cc3)c2cc1C.Cc1cccc(CN2CCC(Cc3nc4cc(C)c(C)cc4n3Cc3ccc(Cl)cc3)CC2)c1. The highest BCUT2D eigenvalue weighted by atomic mass is 35.5. The standard InChI is InChI=1S/C31H42ClN3.C30H34ClN3.C30H40ClN3.C29H31Cl2N3/c1-23-19-29-30(20-24(23)2)35(22-27-10-12-28(32)13-11-27)31(33-29)21-26-14-17-34(18-15-26)16-6-9-25-7-4-3-5-8-25;1-21-5-4-6-26(15-21)19-33-13-11-24(12-14-33)18-30-32-28-16-22(2)23(3)17-29(28)34(30)20-25-7-9-27(31)10-8-25;1-22-18-28-29(19-23(22)2)34(21-26-8-10-27(31)11-9-26)30(32-28)20-25-13-16-33(17-14-25)15-12-24-6-4-3-5-7-24;1-20-15-27-28(16-21(20)2)34(18-23-7-9-25(30)10-8-23)29(32-27)17-22-11-13-33(14-12-22)19-24-5-3-4-6-26(24)31/h10-13,19-20,25-26H,3-9,14-18,21-22H2,1-2H3;4-10,15-17,24H,11-14,18-20H2,1-3H3;8-11,18-19,24-25H,3-7,12-17,20-21H2,1-2H3;3-10,15-16,22H,11-14,17-19H2,1-2H3. The van der Waals surface area contributed by atoms with E-state index < -0.39 is 0 Å². The summed E-state index contributed by atoms with van der Waals surface area (Å²) in [5.74, 6) is 9.69. The minimum atomic E-state index is 0.644. The second kappa shape index (κ2) is 47.8. The van der Waals surface area contributed by atoms with Crippen molar-refractivity contribution < 1.29 is 0 Å². The topological polar surface area (TPSA) is 84.2 Å². The van der Waals surface area contributed by atoms with Crippen LogP contribution in [-0.2, 0) is 65.0 Å². The number of hydrogen-bond donors (Lipinski definition) is 0. The molecule has 722 valence electrons. The summed E-state index contributed by atoms with van der Waals surface area (Å²) < 4.78 is 9.77. The van der Waals surface area contributed by atoms with Gasteiger partial charge in [0, 0.05) is 90.1 Å². The molecule has 0 unspecified atom stereocenters. The van der Waals surface area contributed by atoms with E-state index in [9.17, 15) is 0 Å². The Kier molecular flexibility index (Phi) is 34.8. The van der Waals surface area contributed by atoms with E-state index in [-0.39, 0.29) is 0 Å². The number of aromatic nitrogens is 8.